The fraction of sp³-hybridized carbons (Fsp3) is 0.200. The van der Waals surface area contributed by atoms with Gasteiger partial charge in [0.25, 0.3) is 5.91 Å². The number of hydrazine groups is 1. The highest BCUT2D eigenvalue weighted by Crippen LogP contribution is 2.17. The predicted octanol–water partition coefficient (Wildman–Crippen LogP) is 0.455. The molecule has 0 aliphatic heterocycles. The van der Waals surface area contributed by atoms with Gasteiger partial charge in [-0.2, -0.15) is 5.26 Å². The molecule has 1 aromatic carbocycles. The van der Waals surface area contributed by atoms with Crippen LogP contribution in [0.4, 0.5) is 4.39 Å². The largest absolute Gasteiger partial charge is 0.481 e. The van der Waals surface area contributed by atoms with Gasteiger partial charge in [-0.25, -0.2) is 10.2 Å². The minimum absolute atomic E-state index is 0.0803. The molecular formula is C10H10FN3O2. The molecule has 0 saturated heterocycles. The summed E-state index contributed by atoms with van der Waals surface area (Å²) in [6, 6.07) is 5.40. The van der Waals surface area contributed by atoms with Gasteiger partial charge in [0.2, 0.25) is 0 Å². The Balaban J connectivity index is 2.80. The molecule has 84 valence electrons. The van der Waals surface area contributed by atoms with Crippen molar-refractivity contribution in [1.29, 1.82) is 5.26 Å². The summed E-state index contributed by atoms with van der Waals surface area (Å²) in [6.07, 6.45) is -0.836. The molecule has 0 aliphatic rings. The van der Waals surface area contributed by atoms with Crippen molar-refractivity contribution in [3.8, 4) is 11.8 Å². The molecule has 0 aromatic heterocycles. The molecule has 1 atom stereocenters. The van der Waals surface area contributed by atoms with Crippen LogP contribution in [0.5, 0.6) is 5.75 Å². The monoisotopic (exact) mass is 223 g/mol. The first kappa shape index (κ1) is 11.9. The highest BCUT2D eigenvalue weighted by atomic mass is 19.1. The van der Waals surface area contributed by atoms with Gasteiger partial charge in [0.1, 0.15) is 17.6 Å². The van der Waals surface area contributed by atoms with E-state index in [1.165, 1.54) is 19.1 Å². The van der Waals surface area contributed by atoms with Gasteiger partial charge >= 0.3 is 0 Å². The molecule has 6 heteroatoms. The number of nitrogens with zero attached hydrogens (tertiary/aromatic N) is 1. The second-order valence-electron chi connectivity index (χ2n) is 3.02. The summed E-state index contributed by atoms with van der Waals surface area (Å²) in [5, 5.41) is 8.51. The first-order chi connectivity index (χ1) is 7.58. The maximum absolute atomic E-state index is 13.2. The summed E-state index contributed by atoms with van der Waals surface area (Å²) in [5.41, 5.74) is 1.83. The number of benzene rings is 1. The summed E-state index contributed by atoms with van der Waals surface area (Å²) in [4.78, 5) is 11.0. The van der Waals surface area contributed by atoms with Crippen LogP contribution in [0.15, 0.2) is 18.2 Å². The summed E-state index contributed by atoms with van der Waals surface area (Å²) in [6.45, 7) is 1.47. The fourth-order valence-electron chi connectivity index (χ4n) is 1.03. The van der Waals surface area contributed by atoms with Crippen molar-refractivity contribution in [2.75, 3.05) is 0 Å². The molecule has 5 nitrogen and oxygen atoms in total. The fourth-order valence-corrected chi connectivity index (χ4v) is 1.03. The van der Waals surface area contributed by atoms with E-state index >= 15 is 0 Å². The Hall–Kier alpha value is -2.13. The van der Waals surface area contributed by atoms with Crippen LogP contribution in [0.1, 0.15) is 12.5 Å². The van der Waals surface area contributed by atoms with E-state index in [0.717, 1.165) is 6.07 Å². The first-order valence-corrected chi connectivity index (χ1v) is 4.45. The third-order valence-electron chi connectivity index (χ3n) is 1.89. The molecule has 1 rings (SSSR count). The van der Waals surface area contributed by atoms with Gasteiger partial charge in [-0.15, -0.1) is 0 Å². The summed E-state index contributed by atoms with van der Waals surface area (Å²) in [5.74, 6) is 3.85. The van der Waals surface area contributed by atoms with Gasteiger partial charge in [-0.3, -0.25) is 10.2 Å². The van der Waals surface area contributed by atoms with E-state index in [9.17, 15) is 9.18 Å². The zero-order valence-corrected chi connectivity index (χ0v) is 8.53. The zero-order valence-electron chi connectivity index (χ0n) is 8.53. The Morgan fingerprint density at radius 3 is 2.88 bits per heavy atom. The van der Waals surface area contributed by atoms with Gasteiger partial charge in [-0.1, -0.05) is 0 Å². The molecule has 0 spiro atoms. The number of nitriles is 1. The minimum Gasteiger partial charge on any atom is -0.481 e. The Morgan fingerprint density at radius 1 is 1.69 bits per heavy atom. The standard InChI is InChI=1S/C10H10FN3O2/c1-6(10(15)14-13)16-8-3-2-7(5-12)9(11)4-8/h2-4,6H,13H2,1H3,(H,14,15). The number of rotatable bonds is 3. The second kappa shape index (κ2) is 5.09. The number of carbonyl (C=O) groups is 1. The average Bonchev–Trinajstić information content (AvgIpc) is 2.28. The zero-order chi connectivity index (χ0) is 12.1. The van der Waals surface area contributed by atoms with Crippen LogP contribution in [-0.4, -0.2) is 12.0 Å². The highest BCUT2D eigenvalue weighted by molar-refractivity contribution is 5.80. The van der Waals surface area contributed by atoms with Gasteiger partial charge in [0.05, 0.1) is 5.56 Å². The number of nitrogens with two attached hydrogens (primary N) is 1. The molecule has 3 N–H and O–H groups in total. The number of carbonyl (C=O) groups excluding carboxylic acids is 1. The molecule has 0 fully saturated rings. The lowest BCUT2D eigenvalue weighted by Gasteiger charge is -2.12. The maximum atomic E-state index is 13.2. The van der Waals surface area contributed by atoms with E-state index < -0.39 is 17.8 Å². The molecule has 0 saturated carbocycles. The number of nitrogens with one attached hydrogen (secondary N) is 1. The summed E-state index contributed by atoms with van der Waals surface area (Å²) < 4.78 is 18.3. The summed E-state index contributed by atoms with van der Waals surface area (Å²) in [7, 11) is 0. The van der Waals surface area contributed by atoms with Crippen LogP contribution in [0.3, 0.4) is 0 Å². The Labute approximate surface area is 91.6 Å². The van der Waals surface area contributed by atoms with Gasteiger partial charge < -0.3 is 4.74 Å². The van der Waals surface area contributed by atoms with Crippen molar-refractivity contribution in [3.63, 3.8) is 0 Å². The predicted molar refractivity (Wildman–Crippen MR) is 53.5 cm³/mol. The number of hydrogen-bond acceptors (Lipinski definition) is 4. The molecular weight excluding hydrogens is 213 g/mol. The third-order valence-corrected chi connectivity index (χ3v) is 1.89. The van der Waals surface area contributed by atoms with Crippen molar-refractivity contribution in [1.82, 2.24) is 5.43 Å². The number of hydrogen-bond donors (Lipinski definition) is 2. The topological polar surface area (TPSA) is 88.1 Å². The molecule has 16 heavy (non-hydrogen) atoms. The van der Waals surface area contributed by atoms with Crippen molar-refractivity contribution in [2.45, 2.75) is 13.0 Å². The molecule has 0 radical (unpaired) electrons. The molecule has 1 unspecified atom stereocenters. The van der Waals surface area contributed by atoms with E-state index in [1.807, 2.05) is 5.43 Å². The van der Waals surface area contributed by atoms with Crippen LogP contribution in [0.25, 0.3) is 0 Å². The quantitative estimate of drug-likeness (QED) is 0.442. The molecule has 1 aromatic rings. The smallest absolute Gasteiger partial charge is 0.274 e. The minimum atomic E-state index is -0.836. The SMILES string of the molecule is CC(Oc1ccc(C#N)c(F)c1)C(=O)NN. The highest BCUT2D eigenvalue weighted by Gasteiger charge is 2.13. The third kappa shape index (κ3) is 2.68. The van der Waals surface area contributed by atoms with Gasteiger partial charge in [0.15, 0.2) is 6.10 Å². The van der Waals surface area contributed by atoms with Crippen LogP contribution in [0.2, 0.25) is 0 Å². The molecule has 0 aliphatic carbocycles. The van der Waals surface area contributed by atoms with E-state index in [0.29, 0.717) is 0 Å². The molecule has 0 bridgehead atoms. The van der Waals surface area contributed by atoms with Gasteiger partial charge in [-0.05, 0) is 19.1 Å². The maximum Gasteiger partial charge on any atom is 0.274 e. The number of ether oxygens (including phenoxy) is 1. The van der Waals surface area contributed by atoms with Crippen molar-refractivity contribution in [3.05, 3.63) is 29.6 Å². The Morgan fingerprint density at radius 2 is 2.38 bits per heavy atom. The average molecular weight is 223 g/mol. The van der Waals surface area contributed by atoms with E-state index in [-0.39, 0.29) is 11.3 Å². The van der Waals surface area contributed by atoms with Crippen molar-refractivity contribution in [2.24, 2.45) is 5.84 Å². The molecule has 1 amide bonds. The lowest BCUT2D eigenvalue weighted by atomic mass is 10.2. The molecule has 0 heterocycles. The van der Waals surface area contributed by atoms with Gasteiger partial charge in [0, 0.05) is 6.07 Å². The van der Waals surface area contributed by atoms with Crippen LogP contribution in [0, 0.1) is 17.1 Å². The van der Waals surface area contributed by atoms with Crippen LogP contribution >= 0.6 is 0 Å². The van der Waals surface area contributed by atoms with E-state index in [4.69, 9.17) is 15.8 Å². The number of amides is 1. The van der Waals surface area contributed by atoms with Crippen LogP contribution < -0.4 is 16.0 Å². The summed E-state index contributed by atoms with van der Waals surface area (Å²) >= 11 is 0. The Bertz CT molecular complexity index is 442. The first-order valence-electron chi connectivity index (χ1n) is 4.45. The van der Waals surface area contributed by atoms with Crippen molar-refractivity contribution < 1.29 is 13.9 Å². The van der Waals surface area contributed by atoms with E-state index in [2.05, 4.69) is 0 Å². The second-order valence-corrected chi connectivity index (χ2v) is 3.02. The van der Waals surface area contributed by atoms with E-state index in [1.54, 1.807) is 6.07 Å². The lowest BCUT2D eigenvalue weighted by Crippen LogP contribution is -2.40. The number of halogens is 1. The van der Waals surface area contributed by atoms with Crippen LogP contribution in [-0.2, 0) is 4.79 Å². The Kier molecular flexibility index (Phi) is 3.80. The lowest BCUT2D eigenvalue weighted by molar-refractivity contribution is -0.127. The van der Waals surface area contributed by atoms with Crippen molar-refractivity contribution >= 4 is 5.91 Å². The normalized spacial score (nSPS) is 11.4.